The molecule has 0 aliphatic carbocycles. The van der Waals surface area contributed by atoms with E-state index in [-0.39, 0.29) is 11.3 Å². The van der Waals surface area contributed by atoms with Crippen LogP contribution in [0.25, 0.3) is 16.7 Å². The topological polar surface area (TPSA) is 91.9 Å². The Hall–Kier alpha value is -4.52. The van der Waals surface area contributed by atoms with Crippen LogP contribution in [-0.2, 0) is 16.2 Å². The van der Waals surface area contributed by atoms with E-state index >= 15 is 0 Å². The minimum absolute atomic E-state index is 0.0578. The van der Waals surface area contributed by atoms with Crippen molar-refractivity contribution in [2.75, 3.05) is 13.7 Å². The van der Waals surface area contributed by atoms with Gasteiger partial charge in [-0.05, 0) is 35.7 Å². The van der Waals surface area contributed by atoms with Gasteiger partial charge in [-0.15, -0.1) is 0 Å². The number of ether oxygens (including phenoxy) is 2. The lowest BCUT2D eigenvalue weighted by molar-refractivity contribution is -0.139. The molecule has 0 bridgehead atoms. The van der Waals surface area contributed by atoms with E-state index in [9.17, 15) is 14.7 Å². The van der Waals surface area contributed by atoms with Crippen LogP contribution in [0, 0.1) is 0 Å². The number of amides is 1. The molecule has 1 atom stereocenters. The van der Waals surface area contributed by atoms with Crippen molar-refractivity contribution in [3.63, 3.8) is 0 Å². The molecule has 0 spiro atoms. The van der Waals surface area contributed by atoms with Crippen LogP contribution in [0.15, 0.2) is 84.6 Å². The summed E-state index contributed by atoms with van der Waals surface area (Å²) in [7, 11) is 1.56. The molecule has 3 aromatic carbocycles. The maximum absolute atomic E-state index is 13.3. The first-order valence-corrected chi connectivity index (χ1v) is 12.2. The van der Waals surface area contributed by atoms with Gasteiger partial charge in [-0.3, -0.25) is 9.59 Å². The number of carbonyl (C=O) groups is 2. The molecule has 1 unspecified atom stereocenters. The number of nitrogens with one attached hydrogen (secondary N) is 1. The number of hydrogen-bond donors (Lipinski definition) is 2. The number of likely N-dealkylation sites (tertiary alicyclic amines) is 1. The zero-order chi connectivity index (χ0) is 25.9. The van der Waals surface area contributed by atoms with Crippen molar-refractivity contribution in [2.45, 2.75) is 26.0 Å². The van der Waals surface area contributed by atoms with Gasteiger partial charge in [0.05, 0.1) is 18.7 Å². The lowest BCUT2D eigenvalue weighted by Gasteiger charge is -2.25. The summed E-state index contributed by atoms with van der Waals surface area (Å²) in [6.45, 7) is 2.63. The molecule has 2 N–H and O–H groups in total. The third kappa shape index (κ3) is 4.44. The molecule has 1 saturated heterocycles. The van der Waals surface area contributed by atoms with Crippen LogP contribution in [0.1, 0.15) is 36.1 Å². The van der Waals surface area contributed by atoms with Crippen molar-refractivity contribution in [2.24, 2.45) is 0 Å². The Morgan fingerprint density at radius 1 is 1.00 bits per heavy atom. The van der Waals surface area contributed by atoms with Crippen molar-refractivity contribution < 1.29 is 24.2 Å². The van der Waals surface area contributed by atoms with Crippen LogP contribution in [0.4, 0.5) is 0 Å². The van der Waals surface area contributed by atoms with Gasteiger partial charge in [0.15, 0.2) is 11.5 Å². The second-order valence-electron chi connectivity index (χ2n) is 8.92. The number of ketones is 1. The summed E-state index contributed by atoms with van der Waals surface area (Å²) in [6.07, 6.45) is 2.32. The first-order valence-electron chi connectivity index (χ1n) is 12.2. The smallest absolute Gasteiger partial charge is 0.295 e. The summed E-state index contributed by atoms with van der Waals surface area (Å²) in [4.78, 5) is 31.0. The largest absolute Gasteiger partial charge is 0.507 e. The number of methoxy groups -OCH3 is 1. The fourth-order valence-corrected chi connectivity index (χ4v) is 4.82. The molecular weight excluding hydrogens is 468 g/mol. The maximum Gasteiger partial charge on any atom is 0.295 e. The molecule has 7 nitrogen and oxygen atoms in total. The van der Waals surface area contributed by atoms with Gasteiger partial charge in [0.1, 0.15) is 12.4 Å². The molecule has 1 fully saturated rings. The van der Waals surface area contributed by atoms with Crippen LogP contribution in [0.2, 0.25) is 0 Å². The molecule has 5 rings (SSSR count). The molecule has 0 saturated carbocycles. The van der Waals surface area contributed by atoms with E-state index in [2.05, 4.69) is 4.98 Å². The number of hydrogen-bond acceptors (Lipinski definition) is 5. The van der Waals surface area contributed by atoms with E-state index in [1.807, 2.05) is 61.5 Å². The normalized spacial score (nSPS) is 16.9. The number of H-pyrrole nitrogens is 1. The second kappa shape index (κ2) is 10.2. The number of carbonyl (C=O) groups excluding carboxylic acids is 2. The first kappa shape index (κ1) is 24.2. The first-order chi connectivity index (χ1) is 18.0. The Morgan fingerprint density at radius 2 is 1.76 bits per heavy atom. The van der Waals surface area contributed by atoms with Crippen molar-refractivity contribution in [3.8, 4) is 11.5 Å². The molecular formula is C30H28N2O5. The van der Waals surface area contributed by atoms with Crippen LogP contribution in [-0.4, -0.2) is 40.3 Å². The molecule has 7 heteroatoms. The summed E-state index contributed by atoms with van der Waals surface area (Å²) in [5.41, 5.74) is 3.00. The number of benzene rings is 3. The molecule has 1 aliphatic heterocycles. The number of aromatic nitrogens is 1. The lowest BCUT2D eigenvalue weighted by Crippen LogP contribution is -2.30. The van der Waals surface area contributed by atoms with Gasteiger partial charge in [0, 0.05) is 29.2 Å². The van der Waals surface area contributed by atoms with Crippen LogP contribution < -0.4 is 9.47 Å². The number of aliphatic hydroxyl groups excluding tert-OH is 1. The molecule has 1 aliphatic rings. The number of Topliss-reactive ketones (excluding diaryl/α,β-unsaturated/α-hetero) is 1. The van der Waals surface area contributed by atoms with Crippen molar-refractivity contribution in [1.29, 1.82) is 0 Å². The Bertz CT molecular complexity index is 1490. The highest BCUT2D eigenvalue weighted by atomic mass is 16.5. The standard InChI is InChI=1S/C30H28N2O5/c1-3-15-32-27(20-13-14-24(36-2)25(16-20)37-18-19-9-5-4-6-10-19)26(29(34)30(32)35)28(33)22-17-31-23-12-8-7-11-21(22)23/h4-14,16-17,27,31,33H,3,15,18H2,1-2H3/b28-26-. The van der Waals surface area contributed by atoms with Gasteiger partial charge in [-0.1, -0.05) is 61.5 Å². The number of aliphatic hydroxyl groups is 1. The van der Waals surface area contributed by atoms with E-state index in [0.717, 1.165) is 16.5 Å². The molecule has 1 aromatic heterocycles. The van der Waals surface area contributed by atoms with E-state index < -0.39 is 17.7 Å². The van der Waals surface area contributed by atoms with E-state index in [0.29, 0.717) is 42.2 Å². The van der Waals surface area contributed by atoms with Crippen LogP contribution >= 0.6 is 0 Å². The van der Waals surface area contributed by atoms with Crippen molar-refractivity contribution in [3.05, 3.63) is 101 Å². The Morgan fingerprint density at radius 3 is 2.51 bits per heavy atom. The minimum Gasteiger partial charge on any atom is -0.507 e. The highest BCUT2D eigenvalue weighted by Crippen LogP contribution is 2.43. The minimum atomic E-state index is -0.765. The summed E-state index contributed by atoms with van der Waals surface area (Å²) in [6, 6.07) is 21.8. The summed E-state index contributed by atoms with van der Waals surface area (Å²) in [5.74, 6) is -0.525. The monoisotopic (exact) mass is 496 g/mol. The van der Waals surface area contributed by atoms with Crippen molar-refractivity contribution in [1.82, 2.24) is 9.88 Å². The van der Waals surface area contributed by atoms with Crippen molar-refractivity contribution >= 4 is 28.4 Å². The number of fused-ring (bicyclic) bond motifs is 1. The van der Waals surface area contributed by atoms with Gasteiger partial charge < -0.3 is 24.5 Å². The molecule has 37 heavy (non-hydrogen) atoms. The zero-order valence-corrected chi connectivity index (χ0v) is 20.7. The van der Waals surface area contributed by atoms with Crippen LogP contribution in [0.3, 0.4) is 0 Å². The predicted octanol–water partition coefficient (Wildman–Crippen LogP) is 5.59. The van der Waals surface area contributed by atoms with Crippen LogP contribution in [0.5, 0.6) is 11.5 Å². The fraction of sp³-hybridized carbons (Fsp3) is 0.200. The SMILES string of the molecule is CCCN1C(=O)C(=O)/C(=C(\O)c2c[nH]c3ccccc23)C1c1ccc(OC)c(OCc2ccccc2)c1. The molecule has 2 heterocycles. The third-order valence-corrected chi connectivity index (χ3v) is 6.59. The number of nitrogens with zero attached hydrogens (tertiary/aromatic N) is 1. The third-order valence-electron chi connectivity index (χ3n) is 6.59. The molecule has 1 amide bonds. The molecule has 188 valence electrons. The molecule has 4 aromatic rings. The van der Waals surface area contributed by atoms with Gasteiger partial charge in [0.2, 0.25) is 0 Å². The second-order valence-corrected chi connectivity index (χ2v) is 8.92. The Balaban J connectivity index is 1.61. The Labute approximate surface area is 214 Å². The Kier molecular flexibility index (Phi) is 6.68. The van der Waals surface area contributed by atoms with E-state index in [1.54, 1.807) is 31.5 Å². The highest BCUT2D eigenvalue weighted by molar-refractivity contribution is 6.46. The zero-order valence-electron chi connectivity index (χ0n) is 20.7. The summed E-state index contributed by atoms with van der Waals surface area (Å²) >= 11 is 0. The highest BCUT2D eigenvalue weighted by Gasteiger charge is 2.46. The van der Waals surface area contributed by atoms with Gasteiger partial charge in [-0.25, -0.2) is 0 Å². The lowest BCUT2D eigenvalue weighted by atomic mass is 9.94. The number of para-hydroxylation sites is 1. The van der Waals surface area contributed by atoms with E-state index in [1.165, 1.54) is 4.90 Å². The summed E-state index contributed by atoms with van der Waals surface area (Å²) < 4.78 is 11.6. The fourth-order valence-electron chi connectivity index (χ4n) is 4.82. The average Bonchev–Trinajstić information content (AvgIpc) is 3.47. The number of rotatable bonds is 8. The summed E-state index contributed by atoms with van der Waals surface area (Å²) in [5, 5.41) is 12.2. The van der Waals surface area contributed by atoms with Gasteiger partial charge >= 0.3 is 0 Å². The quantitative estimate of drug-likeness (QED) is 0.189. The van der Waals surface area contributed by atoms with Gasteiger partial charge in [-0.2, -0.15) is 0 Å². The predicted molar refractivity (Wildman–Crippen MR) is 141 cm³/mol. The maximum atomic E-state index is 13.3. The molecule has 0 radical (unpaired) electrons. The number of aromatic amines is 1. The van der Waals surface area contributed by atoms with E-state index in [4.69, 9.17) is 9.47 Å². The van der Waals surface area contributed by atoms with Gasteiger partial charge in [0.25, 0.3) is 11.7 Å². The average molecular weight is 497 g/mol.